The molecule has 0 aromatic heterocycles. The van der Waals surface area contributed by atoms with Gasteiger partial charge in [-0.3, -0.25) is 4.79 Å². The number of nitrogens with zero attached hydrogens (tertiary/aromatic N) is 1. The highest BCUT2D eigenvalue weighted by Gasteiger charge is 2.26. The third-order valence-electron chi connectivity index (χ3n) is 4.16. The molecule has 1 saturated carbocycles. The zero-order chi connectivity index (χ0) is 15.4. The summed E-state index contributed by atoms with van der Waals surface area (Å²) in [6.07, 6.45) is 5.71. The lowest BCUT2D eigenvalue weighted by Gasteiger charge is -2.26. The third-order valence-corrected chi connectivity index (χ3v) is 4.46. The number of hydrogen-bond donors (Lipinski definition) is 2. The Morgan fingerprint density at radius 3 is 2.50 bits per heavy atom. The number of anilines is 2. The van der Waals surface area contributed by atoms with Gasteiger partial charge in [0, 0.05) is 19.8 Å². The predicted octanol–water partition coefficient (Wildman–Crippen LogP) is 3.67. The lowest BCUT2D eigenvalue weighted by molar-refractivity contribution is -0.118. The van der Waals surface area contributed by atoms with Gasteiger partial charge >= 0.3 is 0 Å². The molecule has 124 valence electrons. The van der Waals surface area contributed by atoms with Crippen molar-refractivity contribution >= 4 is 41.3 Å². The fourth-order valence-electron chi connectivity index (χ4n) is 2.88. The van der Waals surface area contributed by atoms with Gasteiger partial charge in [0.2, 0.25) is 5.91 Å². The van der Waals surface area contributed by atoms with Crippen LogP contribution in [0, 0.1) is 5.92 Å². The van der Waals surface area contributed by atoms with E-state index >= 15 is 0 Å². The Hall–Kier alpha value is -0.970. The molecule has 0 spiro atoms. The van der Waals surface area contributed by atoms with Gasteiger partial charge in [0.15, 0.2) is 0 Å². The number of rotatable bonds is 4. The molecule has 4 nitrogen and oxygen atoms in total. The van der Waals surface area contributed by atoms with E-state index in [0.29, 0.717) is 16.6 Å². The van der Waals surface area contributed by atoms with E-state index in [9.17, 15) is 4.79 Å². The van der Waals surface area contributed by atoms with E-state index < -0.39 is 6.04 Å². The molecule has 0 heterocycles. The van der Waals surface area contributed by atoms with Crippen molar-refractivity contribution in [1.82, 2.24) is 0 Å². The maximum absolute atomic E-state index is 12.3. The third kappa shape index (κ3) is 4.77. The zero-order valence-electron chi connectivity index (χ0n) is 13.1. The van der Waals surface area contributed by atoms with Gasteiger partial charge in [0.05, 0.1) is 16.8 Å². The van der Waals surface area contributed by atoms with Crippen molar-refractivity contribution in [2.45, 2.75) is 38.1 Å². The van der Waals surface area contributed by atoms with Crippen molar-refractivity contribution in [3.63, 3.8) is 0 Å². The van der Waals surface area contributed by atoms with Crippen LogP contribution in [0.25, 0.3) is 0 Å². The molecule has 1 fully saturated rings. The molecule has 1 aromatic rings. The van der Waals surface area contributed by atoms with Crippen LogP contribution in [0.15, 0.2) is 18.2 Å². The van der Waals surface area contributed by atoms with Crippen molar-refractivity contribution in [3.05, 3.63) is 23.2 Å². The molecule has 1 amide bonds. The van der Waals surface area contributed by atoms with Crippen LogP contribution in [0.2, 0.25) is 5.02 Å². The van der Waals surface area contributed by atoms with Crippen molar-refractivity contribution < 1.29 is 4.79 Å². The summed E-state index contributed by atoms with van der Waals surface area (Å²) in [5.41, 5.74) is 7.72. The number of nitrogens with two attached hydrogens (primary N) is 1. The van der Waals surface area contributed by atoms with Crippen LogP contribution in [0.3, 0.4) is 0 Å². The Labute approximate surface area is 143 Å². The van der Waals surface area contributed by atoms with Gasteiger partial charge in [0.25, 0.3) is 0 Å². The fourth-order valence-corrected chi connectivity index (χ4v) is 3.23. The highest BCUT2D eigenvalue weighted by Crippen LogP contribution is 2.29. The van der Waals surface area contributed by atoms with Crippen molar-refractivity contribution in [1.29, 1.82) is 0 Å². The SMILES string of the molecule is CN(C)c1ccc(NC(=O)[C@@H](N)C2CCCCC2)cc1Cl.Cl. The molecule has 3 N–H and O–H groups in total. The summed E-state index contributed by atoms with van der Waals surface area (Å²) < 4.78 is 0. The van der Waals surface area contributed by atoms with Crippen LogP contribution < -0.4 is 16.0 Å². The second-order valence-corrected chi connectivity index (χ2v) is 6.38. The van der Waals surface area contributed by atoms with E-state index in [-0.39, 0.29) is 18.3 Å². The van der Waals surface area contributed by atoms with Gasteiger partial charge in [-0.05, 0) is 37.0 Å². The molecule has 1 aliphatic rings. The summed E-state index contributed by atoms with van der Waals surface area (Å²) in [5.74, 6) is 0.186. The first-order valence-electron chi connectivity index (χ1n) is 7.52. The van der Waals surface area contributed by atoms with Crippen LogP contribution in [0.4, 0.5) is 11.4 Å². The zero-order valence-corrected chi connectivity index (χ0v) is 14.7. The van der Waals surface area contributed by atoms with Gasteiger partial charge in [-0.25, -0.2) is 0 Å². The molecule has 6 heteroatoms. The first-order chi connectivity index (χ1) is 9.99. The van der Waals surface area contributed by atoms with E-state index in [0.717, 1.165) is 18.5 Å². The van der Waals surface area contributed by atoms with E-state index in [1.54, 1.807) is 6.07 Å². The fraction of sp³-hybridized carbons (Fsp3) is 0.562. The quantitative estimate of drug-likeness (QED) is 0.874. The molecule has 1 atom stereocenters. The Kier molecular flexibility index (Phi) is 7.46. The normalized spacial score (nSPS) is 16.5. The molecule has 0 unspecified atom stereocenters. The van der Waals surface area contributed by atoms with Gasteiger partial charge in [-0.2, -0.15) is 0 Å². The standard InChI is InChI=1S/C16H24ClN3O.ClH/c1-20(2)14-9-8-12(10-13(14)17)19-16(21)15(18)11-6-4-3-5-7-11;/h8-11,15H,3-7,18H2,1-2H3,(H,19,21);1H/t15-;/m0./s1. The predicted molar refractivity (Wildman–Crippen MR) is 96.2 cm³/mol. The largest absolute Gasteiger partial charge is 0.376 e. The molecular weight excluding hydrogens is 321 g/mol. The number of nitrogens with one attached hydrogen (secondary N) is 1. The molecule has 1 aromatic carbocycles. The monoisotopic (exact) mass is 345 g/mol. The Bertz CT molecular complexity index is 502. The average molecular weight is 346 g/mol. The molecule has 0 saturated heterocycles. The highest BCUT2D eigenvalue weighted by molar-refractivity contribution is 6.33. The number of carbonyl (C=O) groups excluding carboxylic acids is 1. The number of amides is 1. The molecule has 0 bridgehead atoms. The lowest BCUT2D eigenvalue weighted by Crippen LogP contribution is -2.42. The van der Waals surface area contributed by atoms with Gasteiger partial charge in [-0.1, -0.05) is 30.9 Å². The summed E-state index contributed by atoms with van der Waals surface area (Å²) in [4.78, 5) is 14.2. The van der Waals surface area contributed by atoms with Crippen molar-refractivity contribution in [2.75, 3.05) is 24.3 Å². The van der Waals surface area contributed by atoms with Crippen LogP contribution in [-0.2, 0) is 4.79 Å². The first kappa shape index (κ1) is 19.1. The summed E-state index contributed by atoms with van der Waals surface area (Å²) in [7, 11) is 3.86. The summed E-state index contributed by atoms with van der Waals surface area (Å²) in [6, 6.07) is 5.08. The van der Waals surface area contributed by atoms with Gasteiger partial charge in [0.1, 0.15) is 0 Å². The Morgan fingerprint density at radius 1 is 1.32 bits per heavy atom. The van der Waals surface area contributed by atoms with Crippen LogP contribution in [0.1, 0.15) is 32.1 Å². The van der Waals surface area contributed by atoms with Crippen LogP contribution in [-0.4, -0.2) is 26.0 Å². The molecule has 2 rings (SSSR count). The topological polar surface area (TPSA) is 58.4 Å². The maximum Gasteiger partial charge on any atom is 0.241 e. The molecule has 1 aliphatic carbocycles. The van der Waals surface area contributed by atoms with E-state index in [1.807, 2.05) is 31.1 Å². The maximum atomic E-state index is 12.3. The molecule has 0 aliphatic heterocycles. The number of halogens is 2. The molecule has 22 heavy (non-hydrogen) atoms. The van der Waals surface area contributed by atoms with Crippen LogP contribution in [0.5, 0.6) is 0 Å². The number of hydrogen-bond acceptors (Lipinski definition) is 3. The number of benzene rings is 1. The minimum atomic E-state index is -0.433. The van der Waals surface area contributed by atoms with Crippen molar-refractivity contribution in [2.24, 2.45) is 11.7 Å². The molecule has 0 radical (unpaired) electrons. The van der Waals surface area contributed by atoms with E-state index in [2.05, 4.69) is 5.32 Å². The minimum absolute atomic E-state index is 0. The lowest BCUT2D eigenvalue weighted by atomic mass is 9.84. The van der Waals surface area contributed by atoms with E-state index in [1.165, 1.54) is 19.3 Å². The number of carbonyl (C=O) groups is 1. The Morgan fingerprint density at radius 2 is 1.95 bits per heavy atom. The highest BCUT2D eigenvalue weighted by atomic mass is 35.5. The minimum Gasteiger partial charge on any atom is -0.376 e. The van der Waals surface area contributed by atoms with E-state index in [4.69, 9.17) is 17.3 Å². The second kappa shape index (κ2) is 8.61. The first-order valence-corrected chi connectivity index (χ1v) is 7.90. The average Bonchev–Trinajstić information content (AvgIpc) is 2.47. The Balaban J connectivity index is 0.00000242. The summed E-state index contributed by atoms with van der Waals surface area (Å²) >= 11 is 6.21. The summed E-state index contributed by atoms with van der Waals surface area (Å²) in [5, 5.41) is 3.49. The van der Waals surface area contributed by atoms with Crippen LogP contribution >= 0.6 is 24.0 Å². The molecular formula is C16H25Cl2N3O. The van der Waals surface area contributed by atoms with Crippen molar-refractivity contribution in [3.8, 4) is 0 Å². The smallest absolute Gasteiger partial charge is 0.241 e. The van der Waals surface area contributed by atoms with Gasteiger partial charge < -0.3 is 16.0 Å². The van der Waals surface area contributed by atoms with Gasteiger partial charge in [-0.15, -0.1) is 12.4 Å². The second-order valence-electron chi connectivity index (χ2n) is 5.97. The summed E-state index contributed by atoms with van der Waals surface area (Å²) in [6.45, 7) is 0.